The van der Waals surface area contributed by atoms with Crippen molar-refractivity contribution in [3.63, 3.8) is 0 Å². The van der Waals surface area contributed by atoms with Gasteiger partial charge in [-0.2, -0.15) is 5.10 Å². The summed E-state index contributed by atoms with van der Waals surface area (Å²) < 4.78 is 5.52. The Kier molecular flexibility index (Phi) is 8.49. The van der Waals surface area contributed by atoms with E-state index in [1.54, 1.807) is 42.5 Å². The van der Waals surface area contributed by atoms with Crippen molar-refractivity contribution in [3.8, 4) is 5.75 Å². The van der Waals surface area contributed by atoms with Gasteiger partial charge < -0.3 is 10.1 Å². The van der Waals surface area contributed by atoms with Crippen LogP contribution in [0.2, 0.25) is 10.0 Å². The smallest absolute Gasteiger partial charge is 0.262 e. The molecule has 2 amide bonds. The molecule has 154 valence electrons. The number of hydrogen-bond acceptors (Lipinski definition) is 4. The number of halogens is 2. The number of amides is 2. The topological polar surface area (TPSA) is 79.8 Å². The van der Waals surface area contributed by atoms with Gasteiger partial charge in [0.15, 0.2) is 0 Å². The van der Waals surface area contributed by atoms with Gasteiger partial charge in [0.2, 0.25) is 0 Å². The number of benzene rings is 2. The van der Waals surface area contributed by atoms with Crippen LogP contribution in [0.3, 0.4) is 0 Å². The fourth-order valence-electron chi connectivity index (χ4n) is 2.50. The summed E-state index contributed by atoms with van der Waals surface area (Å²) in [5.74, 6) is -0.343. The van der Waals surface area contributed by atoms with Crippen LogP contribution in [-0.2, 0) is 4.79 Å². The van der Waals surface area contributed by atoms with Gasteiger partial charge in [0.25, 0.3) is 11.8 Å². The van der Waals surface area contributed by atoms with Crippen molar-refractivity contribution >= 4 is 41.2 Å². The van der Waals surface area contributed by atoms with Crippen molar-refractivity contribution in [1.82, 2.24) is 10.7 Å². The minimum Gasteiger partial charge on any atom is -0.493 e. The Bertz CT molecular complexity index is 883. The molecule has 2 aromatic rings. The molecule has 2 N–H and O–H groups in total. The van der Waals surface area contributed by atoms with E-state index in [9.17, 15) is 9.59 Å². The molecular formula is C21H23Cl2N3O3. The number of hydrazone groups is 1. The molecule has 0 aliphatic carbocycles. The molecule has 0 heterocycles. The van der Waals surface area contributed by atoms with Crippen LogP contribution in [0.15, 0.2) is 47.6 Å². The van der Waals surface area contributed by atoms with E-state index in [2.05, 4.69) is 15.8 Å². The molecule has 29 heavy (non-hydrogen) atoms. The van der Waals surface area contributed by atoms with E-state index < -0.39 is 11.9 Å². The van der Waals surface area contributed by atoms with Crippen LogP contribution >= 0.6 is 23.2 Å². The normalized spacial score (nSPS) is 12.1. The second-order valence-corrected chi connectivity index (χ2v) is 7.42. The summed E-state index contributed by atoms with van der Waals surface area (Å²) in [7, 11) is 0. The minimum atomic E-state index is -0.763. The first-order valence-corrected chi connectivity index (χ1v) is 9.89. The van der Waals surface area contributed by atoms with Gasteiger partial charge in [0.1, 0.15) is 11.8 Å². The van der Waals surface area contributed by atoms with Crippen molar-refractivity contribution in [2.24, 2.45) is 11.0 Å². The van der Waals surface area contributed by atoms with E-state index in [4.69, 9.17) is 27.9 Å². The maximum absolute atomic E-state index is 12.6. The highest BCUT2D eigenvalue weighted by molar-refractivity contribution is 6.31. The van der Waals surface area contributed by atoms with Crippen molar-refractivity contribution in [1.29, 1.82) is 0 Å². The zero-order valence-electron chi connectivity index (χ0n) is 16.4. The van der Waals surface area contributed by atoms with Gasteiger partial charge in [-0.25, -0.2) is 5.43 Å². The lowest BCUT2D eigenvalue weighted by atomic mass is 10.0. The zero-order chi connectivity index (χ0) is 21.4. The molecule has 8 heteroatoms. The van der Waals surface area contributed by atoms with Gasteiger partial charge in [0.05, 0.1) is 12.8 Å². The molecule has 0 bridgehead atoms. The van der Waals surface area contributed by atoms with Gasteiger partial charge in [-0.05, 0) is 55.3 Å². The first-order chi connectivity index (χ1) is 13.8. The Morgan fingerprint density at radius 1 is 1.10 bits per heavy atom. The van der Waals surface area contributed by atoms with E-state index in [0.717, 1.165) is 0 Å². The van der Waals surface area contributed by atoms with Crippen LogP contribution < -0.4 is 15.5 Å². The number of hydrogen-bond donors (Lipinski definition) is 2. The highest BCUT2D eigenvalue weighted by Gasteiger charge is 2.24. The molecule has 2 aromatic carbocycles. The van der Waals surface area contributed by atoms with Crippen molar-refractivity contribution < 1.29 is 14.3 Å². The summed E-state index contributed by atoms with van der Waals surface area (Å²) in [6.45, 7) is 6.02. The van der Waals surface area contributed by atoms with Gasteiger partial charge in [-0.1, -0.05) is 37.0 Å². The van der Waals surface area contributed by atoms with Crippen LogP contribution in [0.5, 0.6) is 5.75 Å². The molecule has 0 aromatic heterocycles. The van der Waals surface area contributed by atoms with Gasteiger partial charge in [-0.3, -0.25) is 9.59 Å². The van der Waals surface area contributed by atoms with E-state index in [0.29, 0.717) is 33.5 Å². The average molecular weight is 436 g/mol. The van der Waals surface area contributed by atoms with Crippen LogP contribution in [0.25, 0.3) is 0 Å². The minimum absolute atomic E-state index is 0.147. The number of nitrogens with zero attached hydrogens (tertiary/aromatic N) is 1. The molecule has 6 nitrogen and oxygen atoms in total. The zero-order valence-corrected chi connectivity index (χ0v) is 17.9. The van der Waals surface area contributed by atoms with Gasteiger partial charge in [-0.15, -0.1) is 0 Å². The van der Waals surface area contributed by atoms with Crippen molar-refractivity contribution in [3.05, 3.63) is 63.6 Å². The summed E-state index contributed by atoms with van der Waals surface area (Å²) in [5.41, 5.74) is 3.51. The predicted molar refractivity (Wildman–Crippen MR) is 116 cm³/mol. The number of carbonyl (C=O) groups excluding carboxylic acids is 2. The second kappa shape index (κ2) is 10.8. The quantitative estimate of drug-likeness (QED) is 0.479. The Morgan fingerprint density at radius 3 is 2.38 bits per heavy atom. The number of rotatable bonds is 8. The lowest BCUT2D eigenvalue weighted by Crippen LogP contribution is -2.48. The summed E-state index contributed by atoms with van der Waals surface area (Å²) in [6.07, 6.45) is 1.45. The van der Waals surface area contributed by atoms with Crippen LogP contribution in [0.4, 0.5) is 0 Å². The molecule has 1 atom stereocenters. The highest BCUT2D eigenvalue weighted by atomic mass is 35.5. The molecule has 0 radical (unpaired) electrons. The first-order valence-electron chi connectivity index (χ1n) is 9.13. The van der Waals surface area contributed by atoms with Crippen LogP contribution in [0.1, 0.15) is 36.7 Å². The molecule has 0 saturated carbocycles. The van der Waals surface area contributed by atoms with E-state index in [-0.39, 0.29) is 11.8 Å². The van der Waals surface area contributed by atoms with E-state index in [1.165, 1.54) is 6.21 Å². The fourth-order valence-corrected chi connectivity index (χ4v) is 2.81. The van der Waals surface area contributed by atoms with Crippen LogP contribution in [0, 0.1) is 5.92 Å². The van der Waals surface area contributed by atoms with E-state index in [1.807, 2.05) is 20.8 Å². The Balaban J connectivity index is 2.06. The molecule has 0 aliphatic heterocycles. The Labute approximate surface area is 180 Å². The fraction of sp³-hybridized carbons (Fsp3) is 0.286. The Morgan fingerprint density at radius 2 is 1.76 bits per heavy atom. The SMILES string of the molecule is CCOc1ccc(Cl)cc1C=NNC(=O)C(NC(=O)c1ccc(Cl)cc1)C(C)C. The number of carbonyl (C=O) groups is 2. The summed E-state index contributed by atoms with van der Waals surface area (Å²) in [6, 6.07) is 10.8. The predicted octanol–water partition coefficient (Wildman–Crippen LogP) is 4.30. The third kappa shape index (κ3) is 6.76. The van der Waals surface area contributed by atoms with Crippen molar-refractivity contribution in [2.45, 2.75) is 26.8 Å². The number of nitrogens with one attached hydrogen (secondary N) is 2. The first kappa shape index (κ1) is 22.7. The average Bonchev–Trinajstić information content (AvgIpc) is 2.68. The molecule has 2 rings (SSSR count). The molecule has 1 unspecified atom stereocenters. The lowest BCUT2D eigenvalue weighted by molar-refractivity contribution is -0.123. The standard InChI is InChI=1S/C21H23Cl2N3O3/c1-4-29-18-10-9-17(23)11-15(18)12-24-26-21(28)19(13(2)3)25-20(27)14-5-7-16(22)8-6-14/h5-13,19H,4H2,1-3H3,(H,25,27)(H,26,28). The monoisotopic (exact) mass is 435 g/mol. The largest absolute Gasteiger partial charge is 0.493 e. The Hall–Kier alpha value is -2.57. The second-order valence-electron chi connectivity index (χ2n) is 6.55. The maximum Gasteiger partial charge on any atom is 0.262 e. The summed E-state index contributed by atoms with van der Waals surface area (Å²) >= 11 is 11.9. The molecular weight excluding hydrogens is 413 g/mol. The third-order valence-electron chi connectivity index (χ3n) is 3.99. The summed E-state index contributed by atoms with van der Waals surface area (Å²) in [5, 5.41) is 7.77. The highest BCUT2D eigenvalue weighted by Crippen LogP contribution is 2.21. The lowest BCUT2D eigenvalue weighted by Gasteiger charge is -2.20. The summed E-state index contributed by atoms with van der Waals surface area (Å²) in [4.78, 5) is 25.0. The van der Waals surface area contributed by atoms with E-state index >= 15 is 0 Å². The molecule has 0 saturated heterocycles. The molecule has 0 fully saturated rings. The number of ether oxygens (including phenoxy) is 1. The maximum atomic E-state index is 12.6. The van der Waals surface area contributed by atoms with Gasteiger partial charge in [0, 0.05) is 21.2 Å². The third-order valence-corrected chi connectivity index (χ3v) is 4.48. The molecule has 0 spiro atoms. The van der Waals surface area contributed by atoms with Crippen LogP contribution in [-0.4, -0.2) is 30.7 Å². The van der Waals surface area contributed by atoms with Gasteiger partial charge >= 0.3 is 0 Å². The molecule has 0 aliphatic rings. The van der Waals surface area contributed by atoms with Crippen molar-refractivity contribution in [2.75, 3.05) is 6.61 Å².